The van der Waals surface area contributed by atoms with Crippen LogP contribution >= 0.6 is 0 Å². The number of fused-ring (bicyclic) bond motifs is 1. The molecule has 2 atom stereocenters. The van der Waals surface area contributed by atoms with E-state index in [0.29, 0.717) is 0 Å². The monoisotopic (exact) mass is 204 g/mol. The van der Waals surface area contributed by atoms with Gasteiger partial charge < -0.3 is 9.84 Å². The molecule has 1 aliphatic carbocycles. The van der Waals surface area contributed by atoms with Crippen molar-refractivity contribution in [2.75, 3.05) is 0 Å². The zero-order valence-electron chi connectivity index (χ0n) is 8.99. The van der Waals surface area contributed by atoms with Crippen LogP contribution in [0.15, 0.2) is 24.3 Å². The first-order chi connectivity index (χ1) is 7.13. The smallest absolute Gasteiger partial charge is 0.141 e. The lowest BCUT2D eigenvalue weighted by atomic mass is 9.84. The third kappa shape index (κ3) is 1.14. The summed E-state index contributed by atoms with van der Waals surface area (Å²) in [7, 11) is 0. The Hall–Kier alpha value is -1.02. The van der Waals surface area contributed by atoms with Gasteiger partial charge in [-0.05, 0) is 37.8 Å². The molecular weight excluding hydrogens is 188 g/mol. The molecular formula is C13H16O2. The van der Waals surface area contributed by atoms with E-state index in [-0.39, 0.29) is 5.60 Å². The van der Waals surface area contributed by atoms with Gasteiger partial charge in [-0.1, -0.05) is 18.2 Å². The summed E-state index contributed by atoms with van der Waals surface area (Å²) in [5, 5.41) is 10.4. The van der Waals surface area contributed by atoms with Crippen molar-refractivity contribution in [1.29, 1.82) is 0 Å². The molecule has 0 bridgehead atoms. The SMILES string of the molecule is C[C@]1(O)CCC[C@]12Cc1ccccc1O2. The molecule has 1 aromatic carbocycles. The molecule has 1 N–H and O–H groups in total. The van der Waals surface area contributed by atoms with Gasteiger partial charge >= 0.3 is 0 Å². The fourth-order valence-electron chi connectivity index (χ4n) is 2.96. The summed E-state index contributed by atoms with van der Waals surface area (Å²) in [6.07, 6.45) is 3.73. The van der Waals surface area contributed by atoms with Crippen LogP contribution in [-0.2, 0) is 6.42 Å². The van der Waals surface area contributed by atoms with E-state index in [2.05, 4.69) is 6.07 Å². The summed E-state index contributed by atoms with van der Waals surface area (Å²) in [6.45, 7) is 1.91. The molecule has 0 amide bonds. The number of ether oxygens (including phenoxy) is 1. The molecule has 0 saturated heterocycles. The van der Waals surface area contributed by atoms with Crippen LogP contribution < -0.4 is 4.74 Å². The van der Waals surface area contributed by atoms with Gasteiger partial charge in [-0.25, -0.2) is 0 Å². The molecule has 80 valence electrons. The van der Waals surface area contributed by atoms with E-state index < -0.39 is 5.60 Å². The van der Waals surface area contributed by atoms with Gasteiger partial charge in [0.15, 0.2) is 0 Å². The maximum Gasteiger partial charge on any atom is 0.141 e. The molecule has 15 heavy (non-hydrogen) atoms. The maximum atomic E-state index is 10.4. The van der Waals surface area contributed by atoms with Crippen LogP contribution in [0.25, 0.3) is 0 Å². The molecule has 0 radical (unpaired) electrons. The number of aliphatic hydroxyl groups is 1. The summed E-state index contributed by atoms with van der Waals surface area (Å²) in [5.74, 6) is 0.958. The van der Waals surface area contributed by atoms with Gasteiger partial charge in [0.1, 0.15) is 17.0 Å². The second kappa shape index (κ2) is 2.76. The minimum atomic E-state index is -0.675. The molecule has 1 saturated carbocycles. The predicted octanol–water partition coefficient (Wildman–Crippen LogP) is 2.30. The van der Waals surface area contributed by atoms with E-state index in [1.54, 1.807) is 0 Å². The Morgan fingerprint density at radius 3 is 2.73 bits per heavy atom. The van der Waals surface area contributed by atoms with Gasteiger partial charge in [0.2, 0.25) is 0 Å². The number of hydrogen-bond donors (Lipinski definition) is 1. The number of para-hydroxylation sites is 1. The summed E-state index contributed by atoms with van der Waals surface area (Å²) < 4.78 is 6.02. The standard InChI is InChI=1S/C13H16O2/c1-12(14)7-4-8-13(12)9-10-5-2-3-6-11(10)15-13/h2-3,5-6,14H,4,7-9H2,1H3/t12-,13-/m0/s1. The lowest BCUT2D eigenvalue weighted by molar-refractivity contribution is -0.0900. The fourth-order valence-corrected chi connectivity index (χ4v) is 2.96. The summed E-state index contributed by atoms with van der Waals surface area (Å²) in [6, 6.07) is 8.11. The molecule has 0 unspecified atom stereocenters. The highest BCUT2D eigenvalue weighted by molar-refractivity contribution is 5.41. The zero-order chi connectivity index (χ0) is 10.5. The highest BCUT2D eigenvalue weighted by atomic mass is 16.5. The van der Waals surface area contributed by atoms with E-state index in [1.807, 2.05) is 25.1 Å². The molecule has 0 aromatic heterocycles. The molecule has 1 heterocycles. The van der Waals surface area contributed by atoms with Crippen molar-refractivity contribution >= 4 is 0 Å². The molecule has 1 spiro atoms. The van der Waals surface area contributed by atoms with Crippen molar-refractivity contribution in [1.82, 2.24) is 0 Å². The Balaban J connectivity index is 2.01. The Labute approximate surface area is 89.9 Å². The van der Waals surface area contributed by atoms with Crippen molar-refractivity contribution in [2.45, 2.75) is 43.8 Å². The van der Waals surface area contributed by atoms with Crippen molar-refractivity contribution in [3.63, 3.8) is 0 Å². The second-order valence-corrected chi connectivity index (χ2v) is 5.01. The molecule has 3 rings (SSSR count). The Morgan fingerprint density at radius 2 is 2.07 bits per heavy atom. The third-order valence-electron chi connectivity index (χ3n) is 3.98. The van der Waals surface area contributed by atoms with Gasteiger partial charge in [-0.15, -0.1) is 0 Å². The average molecular weight is 204 g/mol. The maximum absolute atomic E-state index is 10.4. The number of rotatable bonds is 0. The van der Waals surface area contributed by atoms with Crippen LogP contribution in [-0.4, -0.2) is 16.3 Å². The third-order valence-corrected chi connectivity index (χ3v) is 3.98. The highest BCUT2D eigenvalue weighted by Gasteiger charge is 2.55. The normalized spacial score (nSPS) is 38.0. The largest absolute Gasteiger partial charge is 0.484 e. The van der Waals surface area contributed by atoms with Crippen LogP contribution in [0, 0.1) is 0 Å². The van der Waals surface area contributed by atoms with Crippen molar-refractivity contribution in [3.05, 3.63) is 29.8 Å². The zero-order valence-corrected chi connectivity index (χ0v) is 8.99. The van der Waals surface area contributed by atoms with Crippen LogP contribution in [0.2, 0.25) is 0 Å². The van der Waals surface area contributed by atoms with Crippen LogP contribution in [0.3, 0.4) is 0 Å². The summed E-state index contributed by atoms with van der Waals surface area (Å²) in [4.78, 5) is 0. The van der Waals surface area contributed by atoms with Gasteiger partial charge in [-0.3, -0.25) is 0 Å². The average Bonchev–Trinajstić information content (AvgIpc) is 2.68. The van der Waals surface area contributed by atoms with E-state index in [0.717, 1.165) is 31.4 Å². The van der Waals surface area contributed by atoms with E-state index in [1.165, 1.54) is 5.56 Å². The minimum Gasteiger partial charge on any atom is -0.484 e. The number of benzene rings is 1. The quantitative estimate of drug-likeness (QED) is 0.702. The van der Waals surface area contributed by atoms with Crippen LogP contribution in [0.4, 0.5) is 0 Å². The topological polar surface area (TPSA) is 29.5 Å². The Morgan fingerprint density at radius 1 is 1.27 bits per heavy atom. The van der Waals surface area contributed by atoms with Gasteiger partial charge in [0.25, 0.3) is 0 Å². The molecule has 1 aromatic rings. The molecule has 2 heteroatoms. The minimum absolute atomic E-state index is 0.351. The van der Waals surface area contributed by atoms with Crippen LogP contribution in [0.5, 0.6) is 5.75 Å². The van der Waals surface area contributed by atoms with E-state index >= 15 is 0 Å². The molecule has 1 aliphatic heterocycles. The first-order valence-electron chi connectivity index (χ1n) is 5.62. The Bertz CT molecular complexity index is 370. The lowest BCUT2D eigenvalue weighted by Gasteiger charge is -2.35. The van der Waals surface area contributed by atoms with Gasteiger partial charge in [0, 0.05) is 6.42 Å². The predicted molar refractivity (Wildman–Crippen MR) is 58.0 cm³/mol. The molecule has 1 fully saturated rings. The first-order valence-corrected chi connectivity index (χ1v) is 5.62. The number of hydrogen-bond acceptors (Lipinski definition) is 2. The fraction of sp³-hybridized carbons (Fsp3) is 0.538. The first kappa shape index (κ1) is 9.22. The van der Waals surface area contributed by atoms with Crippen molar-refractivity contribution in [3.8, 4) is 5.75 Å². The molecule has 2 aliphatic rings. The summed E-state index contributed by atoms with van der Waals surface area (Å²) in [5.41, 5.74) is 0.211. The second-order valence-electron chi connectivity index (χ2n) is 5.01. The Kier molecular flexibility index (Phi) is 1.70. The highest BCUT2D eigenvalue weighted by Crippen LogP contribution is 2.49. The summed E-state index contributed by atoms with van der Waals surface area (Å²) >= 11 is 0. The van der Waals surface area contributed by atoms with E-state index in [4.69, 9.17) is 4.74 Å². The lowest BCUT2D eigenvalue weighted by Crippen LogP contribution is -2.51. The van der Waals surface area contributed by atoms with E-state index in [9.17, 15) is 5.11 Å². The van der Waals surface area contributed by atoms with Crippen molar-refractivity contribution < 1.29 is 9.84 Å². The van der Waals surface area contributed by atoms with Crippen molar-refractivity contribution in [2.24, 2.45) is 0 Å². The van der Waals surface area contributed by atoms with Gasteiger partial charge in [-0.2, -0.15) is 0 Å². The molecule has 2 nitrogen and oxygen atoms in total. The van der Waals surface area contributed by atoms with Crippen LogP contribution in [0.1, 0.15) is 31.7 Å². The van der Waals surface area contributed by atoms with Gasteiger partial charge in [0.05, 0.1) is 0 Å².